The molecule has 0 saturated carbocycles. The van der Waals surface area contributed by atoms with Crippen molar-refractivity contribution in [2.75, 3.05) is 29.6 Å². The number of anilines is 2. The summed E-state index contributed by atoms with van der Waals surface area (Å²) in [7, 11) is 0. The molecule has 0 radical (unpaired) electrons. The smallest absolute Gasteiger partial charge is 0.334 e. The molecule has 1 aliphatic rings. The molecular formula is C19H26N4O2. The van der Waals surface area contributed by atoms with Gasteiger partial charge in [-0.3, -0.25) is 9.78 Å². The van der Waals surface area contributed by atoms with E-state index < -0.39 is 5.69 Å². The maximum absolute atomic E-state index is 12.6. The van der Waals surface area contributed by atoms with E-state index in [0.29, 0.717) is 18.2 Å². The van der Waals surface area contributed by atoms with Gasteiger partial charge in [0.2, 0.25) is 0 Å². The third-order valence-corrected chi connectivity index (χ3v) is 4.19. The second kappa shape index (κ2) is 6.43. The molecule has 25 heavy (non-hydrogen) atoms. The molecule has 0 amide bonds. The molecule has 0 unspecified atom stereocenters. The summed E-state index contributed by atoms with van der Waals surface area (Å²) in [5, 5.41) is 0. The lowest BCUT2D eigenvalue weighted by atomic mass is 9.96. The Hall–Kier alpha value is -2.50. The summed E-state index contributed by atoms with van der Waals surface area (Å²) in [6, 6.07) is 9.47. The Labute approximate surface area is 147 Å². The van der Waals surface area contributed by atoms with Crippen molar-refractivity contribution >= 4 is 11.5 Å². The van der Waals surface area contributed by atoms with Gasteiger partial charge >= 0.3 is 5.69 Å². The van der Waals surface area contributed by atoms with Crippen LogP contribution in [-0.2, 0) is 0 Å². The third-order valence-electron chi connectivity index (χ3n) is 4.19. The van der Waals surface area contributed by atoms with Gasteiger partial charge in [-0.15, -0.1) is 0 Å². The lowest BCUT2D eigenvalue weighted by Crippen LogP contribution is -2.38. The number of nitrogens with zero attached hydrogens (tertiary/aromatic N) is 3. The summed E-state index contributed by atoms with van der Waals surface area (Å²) in [6.07, 6.45) is 0.943. The summed E-state index contributed by atoms with van der Waals surface area (Å²) in [6.45, 7) is 10.7. The van der Waals surface area contributed by atoms with Crippen molar-refractivity contribution in [3.63, 3.8) is 0 Å². The minimum Gasteiger partial charge on any atom is -0.346 e. The summed E-state index contributed by atoms with van der Waals surface area (Å²) in [5.74, 6) is 0.700. The number of nitrogens with one attached hydrogen (secondary N) is 1. The highest BCUT2D eigenvalue weighted by Crippen LogP contribution is 2.35. The van der Waals surface area contributed by atoms with Crippen molar-refractivity contribution in [3.8, 4) is 5.69 Å². The Balaban J connectivity index is 2.24. The van der Waals surface area contributed by atoms with E-state index in [-0.39, 0.29) is 11.0 Å². The van der Waals surface area contributed by atoms with Crippen molar-refractivity contribution in [3.05, 3.63) is 51.2 Å². The maximum atomic E-state index is 12.6. The van der Waals surface area contributed by atoms with Gasteiger partial charge < -0.3 is 9.80 Å². The molecule has 0 spiro atoms. The maximum Gasteiger partial charge on any atom is 0.334 e. The molecule has 6 nitrogen and oxygen atoms in total. The normalized spacial score (nSPS) is 14.1. The molecule has 1 N–H and O–H groups in total. The van der Waals surface area contributed by atoms with E-state index >= 15 is 0 Å². The predicted octanol–water partition coefficient (Wildman–Crippen LogP) is 2.57. The van der Waals surface area contributed by atoms with Gasteiger partial charge in [-0.1, -0.05) is 45.9 Å². The van der Waals surface area contributed by atoms with E-state index in [1.54, 1.807) is 4.57 Å². The minimum atomic E-state index is -0.395. The highest BCUT2D eigenvalue weighted by molar-refractivity contribution is 5.73. The fourth-order valence-electron chi connectivity index (χ4n) is 3.40. The van der Waals surface area contributed by atoms with Crippen molar-refractivity contribution in [2.24, 2.45) is 5.41 Å². The molecule has 0 saturated heterocycles. The number of hydrogen-bond acceptors (Lipinski definition) is 4. The first-order chi connectivity index (χ1) is 11.8. The van der Waals surface area contributed by atoms with Crippen molar-refractivity contribution < 1.29 is 0 Å². The van der Waals surface area contributed by atoms with Crippen LogP contribution in [0, 0.1) is 5.41 Å². The third kappa shape index (κ3) is 3.34. The summed E-state index contributed by atoms with van der Waals surface area (Å²) >= 11 is 0. The molecule has 1 aromatic carbocycles. The van der Waals surface area contributed by atoms with Gasteiger partial charge in [0.25, 0.3) is 5.56 Å². The van der Waals surface area contributed by atoms with Crippen LogP contribution in [0.5, 0.6) is 0 Å². The Morgan fingerprint density at radius 2 is 1.76 bits per heavy atom. The fraction of sp³-hybridized carbons (Fsp3) is 0.474. The van der Waals surface area contributed by atoms with Crippen LogP contribution in [0.25, 0.3) is 5.69 Å². The Kier molecular flexibility index (Phi) is 4.45. The number of rotatable bonds is 4. The van der Waals surface area contributed by atoms with Gasteiger partial charge in [0.15, 0.2) is 0 Å². The average Bonchev–Trinajstić information content (AvgIpc) is 2.85. The fourth-order valence-corrected chi connectivity index (χ4v) is 3.40. The Morgan fingerprint density at radius 1 is 1.08 bits per heavy atom. The van der Waals surface area contributed by atoms with Crippen molar-refractivity contribution in [1.29, 1.82) is 0 Å². The first-order valence-electron chi connectivity index (χ1n) is 8.76. The first-order valence-corrected chi connectivity index (χ1v) is 8.76. The van der Waals surface area contributed by atoms with E-state index in [0.717, 1.165) is 25.2 Å². The highest BCUT2D eigenvalue weighted by Gasteiger charge is 2.34. The molecule has 1 aromatic heterocycles. The monoisotopic (exact) mass is 342 g/mol. The number of aromatic amines is 1. The van der Waals surface area contributed by atoms with E-state index in [4.69, 9.17) is 0 Å². The summed E-state index contributed by atoms with van der Waals surface area (Å²) < 4.78 is 1.62. The van der Waals surface area contributed by atoms with Crippen LogP contribution >= 0.6 is 0 Å². The zero-order valence-electron chi connectivity index (χ0n) is 15.4. The lowest BCUT2D eigenvalue weighted by Gasteiger charge is -2.28. The molecule has 0 aliphatic carbocycles. The number of hydrogen-bond donors (Lipinski definition) is 1. The van der Waals surface area contributed by atoms with Gasteiger partial charge in [-0.05, 0) is 24.0 Å². The second-order valence-corrected chi connectivity index (χ2v) is 7.77. The van der Waals surface area contributed by atoms with Crippen LogP contribution in [0.3, 0.4) is 0 Å². The van der Waals surface area contributed by atoms with Crippen LogP contribution in [0.4, 0.5) is 11.5 Å². The van der Waals surface area contributed by atoms with Crippen LogP contribution in [0.1, 0.15) is 34.1 Å². The van der Waals surface area contributed by atoms with Gasteiger partial charge in [0.1, 0.15) is 11.5 Å². The number of benzene rings is 1. The molecule has 1 aliphatic heterocycles. The molecule has 134 valence electrons. The molecular weight excluding hydrogens is 316 g/mol. The lowest BCUT2D eigenvalue weighted by molar-refractivity contribution is 0.412. The number of aromatic nitrogens is 2. The summed E-state index contributed by atoms with van der Waals surface area (Å²) in [5.41, 5.74) is 0.689. The first kappa shape index (κ1) is 17.3. The molecule has 2 aromatic rings. The van der Waals surface area contributed by atoms with Crippen molar-refractivity contribution in [1.82, 2.24) is 9.55 Å². The molecule has 0 fully saturated rings. The quantitative estimate of drug-likeness (QED) is 0.928. The van der Waals surface area contributed by atoms with Gasteiger partial charge in [-0.25, -0.2) is 9.36 Å². The summed E-state index contributed by atoms with van der Waals surface area (Å²) in [4.78, 5) is 31.9. The minimum absolute atomic E-state index is 0.0413. The Bertz CT molecular complexity index is 862. The largest absolute Gasteiger partial charge is 0.346 e. The second-order valence-electron chi connectivity index (χ2n) is 7.77. The number of para-hydroxylation sites is 1. The van der Waals surface area contributed by atoms with Crippen LogP contribution in [-0.4, -0.2) is 29.3 Å². The average molecular weight is 342 g/mol. The SMILES string of the molecule is CCCN1CN(CC(C)(C)C)c2c1n(-c1ccccc1)c(=O)[nH]c2=O. The van der Waals surface area contributed by atoms with Crippen LogP contribution in [0.15, 0.2) is 39.9 Å². The van der Waals surface area contributed by atoms with Crippen molar-refractivity contribution in [2.45, 2.75) is 34.1 Å². The van der Waals surface area contributed by atoms with Gasteiger partial charge in [0, 0.05) is 13.1 Å². The molecule has 3 rings (SSSR count). The van der Waals surface area contributed by atoms with Crippen LogP contribution < -0.4 is 21.0 Å². The predicted molar refractivity (Wildman–Crippen MR) is 102 cm³/mol. The van der Waals surface area contributed by atoms with Gasteiger partial charge in [0.05, 0.1) is 12.4 Å². The molecule has 0 bridgehead atoms. The molecule has 6 heteroatoms. The zero-order valence-corrected chi connectivity index (χ0v) is 15.4. The van der Waals surface area contributed by atoms with Gasteiger partial charge in [-0.2, -0.15) is 0 Å². The Morgan fingerprint density at radius 3 is 2.36 bits per heavy atom. The van der Waals surface area contributed by atoms with E-state index in [1.165, 1.54) is 0 Å². The highest BCUT2D eigenvalue weighted by atomic mass is 16.2. The standard InChI is InChI=1S/C19H26N4O2/c1-5-11-21-13-22(12-19(2,3)4)15-16(24)20-18(25)23(17(15)21)14-9-7-6-8-10-14/h6-10H,5,11-13H2,1-4H3,(H,20,24,25). The van der Waals surface area contributed by atoms with E-state index in [9.17, 15) is 9.59 Å². The topological polar surface area (TPSA) is 61.3 Å². The number of H-pyrrole nitrogens is 1. The molecule has 2 heterocycles. The number of fused-ring (bicyclic) bond motifs is 1. The molecule has 0 atom stereocenters. The van der Waals surface area contributed by atoms with E-state index in [2.05, 4.69) is 42.5 Å². The van der Waals surface area contributed by atoms with Crippen LogP contribution in [0.2, 0.25) is 0 Å². The zero-order chi connectivity index (χ0) is 18.2. The van der Waals surface area contributed by atoms with E-state index in [1.807, 2.05) is 30.3 Å².